The minimum atomic E-state index is -0.701. The molecule has 0 atom stereocenters. The Kier molecular flexibility index (Phi) is 6.85. The number of phenolic OH excluding ortho intramolecular Hbond substituents is 2. The van der Waals surface area contributed by atoms with Gasteiger partial charge < -0.3 is 14.9 Å². The molecule has 0 amide bonds. The van der Waals surface area contributed by atoms with E-state index in [1.165, 1.54) is 0 Å². The van der Waals surface area contributed by atoms with Gasteiger partial charge in [0.05, 0.1) is 12.5 Å². The summed E-state index contributed by atoms with van der Waals surface area (Å²) in [5, 5.41) is 20.9. The van der Waals surface area contributed by atoms with Gasteiger partial charge in [0.15, 0.2) is 0 Å². The lowest BCUT2D eigenvalue weighted by Gasteiger charge is -2.33. The van der Waals surface area contributed by atoms with Gasteiger partial charge in [-0.05, 0) is 59.1 Å². The minimum absolute atomic E-state index is 0.147. The summed E-state index contributed by atoms with van der Waals surface area (Å²) >= 11 is 0. The van der Waals surface area contributed by atoms with Gasteiger partial charge in [-0.2, -0.15) is 0 Å². The van der Waals surface area contributed by atoms with Gasteiger partial charge in [-0.25, -0.2) is 0 Å². The Labute approximate surface area is 187 Å². The van der Waals surface area contributed by atoms with Crippen LogP contribution in [-0.2, 0) is 25.8 Å². The summed E-state index contributed by atoms with van der Waals surface area (Å²) in [4.78, 5) is 12.8. The topological polar surface area (TPSA) is 66.8 Å². The van der Waals surface area contributed by atoms with Gasteiger partial charge in [0.25, 0.3) is 0 Å². The third kappa shape index (κ3) is 5.61. The highest BCUT2D eigenvalue weighted by Gasteiger charge is 2.35. The van der Waals surface area contributed by atoms with E-state index < -0.39 is 5.41 Å². The van der Waals surface area contributed by atoms with Gasteiger partial charge in [-0.15, -0.1) is 0 Å². The number of aromatic hydroxyl groups is 2. The predicted octanol–water partition coefficient (Wildman–Crippen LogP) is 6.34. The largest absolute Gasteiger partial charge is 0.508 e. The number of carbonyl (C=O) groups excluding carboxylic acids is 1. The molecule has 0 heterocycles. The van der Waals surface area contributed by atoms with Crippen molar-refractivity contribution in [2.24, 2.45) is 0 Å². The van der Waals surface area contributed by atoms with Crippen LogP contribution in [0.15, 0.2) is 36.4 Å². The molecular weight excluding hydrogens is 388 g/mol. The first-order valence-electron chi connectivity index (χ1n) is 10.9. The van der Waals surface area contributed by atoms with Gasteiger partial charge in [0, 0.05) is 5.41 Å². The third-order valence-electron chi connectivity index (χ3n) is 5.75. The minimum Gasteiger partial charge on any atom is -0.508 e. The lowest BCUT2D eigenvalue weighted by molar-refractivity contribution is -0.148. The maximum Gasteiger partial charge on any atom is 0.307 e. The number of esters is 1. The van der Waals surface area contributed by atoms with Crippen molar-refractivity contribution in [1.82, 2.24) is 0 Å². The number of rotatable bonds is 5. The second-order valence-corrected chi connectivity index (χ2v) is 11.0. The van der Waals surface area contributed by atoms with Crippen molar-refractivity contribution in [3.63, 3.8) is 0 Å². The standard InChI is InChI=1S/C27H38O4/c1-17(2)31-24(30)16-27(9,18-10-12-22(28)20(14-18)25(3,4)5)19-11-13-23(29)21(15-19)26(6,7)8/h10-15,17,28-29H,16H2,1-9H3. The zero-order chi connectivity index (χ0) is 23.8. The molecule has 2 aromatic rings. The molecule has 0 saturated carbocycles. The fourth-order valence-corrected chi connectivity index (χ4v) is 3.92. The molecule has 4 nitrogen and oxygen atoms in total. The number of benzene rings is 2. The molecule has 0 unspecified atom stereocenters. The van der Waals surface area contributed by atoms with Gasteiger partial charge >= 0.3 is 5.97 Å². The smallest absolute Gasteiger partial charge is 0.307 e. The van der Waals surface area contributed by atoms with Crippen molar-refractivity contribution in [1.29, 1.82) is 0 Å². The van der Waals surface area contributed by atoms with Crippen molar-refractivity contribution >= 4 is 5.97 Å². The van der Waals surface area contributed by atoms with Crippen molar-refractivity contribution in [3.8, 4) is 11.5 Å². The van der Waals surface area contributed by atoms with Crippen molar-refractivity contribution in [2.45, 2.75) is 91.1 Å². The normalized spacial score (nSPS) is 12.8. The summed E-state index contributed by atoms with van der Waals surface area (Å²) in [6.07, 6.45) is -0.0554. The second kappa shape index (κ2) is 8.57. The van der Waals surface area contributed by atoms with Crippen molar-refractivity contribution in [2.75, 3.05) is 0 Å². The summed E-state index contributed by atoms with van der Waals surface area (Å²) in [6.45, 7) is 18.0. The molecule has 2 aromatic carbocycles. The third-order valence-corrected chi connectivity index (χ3v) is 5.75. The Balaban J connectivity index is 2.73. The molecule has 0 spiro atoms. The van der Waals surface area contributed by atoms with E-state index in [0.717, 1.165) is 22.3 Å². The zero-order valence-electron chi connectivity index (χ0n) is 20.5. The molecule has 0 aliphatic carbocycles. The summed E-state index contributed by atoms with van der Waals surface area (Å²) in [5.74, 6) is 0.196. The average molecular weight is 427 g/mol. The number of phenols is 2. The fraction of sp³-hybridized carbons (Fsp3) is 0.519. The Morgan fingerprint density at radius 2 is 1.19 bits per heavy atom. The van der Waals surface area contributed by atoms with Gasteiger partial charge in [0.1, 0.15) is 11.5 Å². The molecular formula is C27H38O4. The summed E-state index contributed by atoms with van der Waals surface area (Å²) in [6, 6.07) is 11.1. The van der Waals surface area contributed by atoms with Crippen molar-refractivity contribution in [3.05, 3.63) is 58.7 Å². The molecule has 0 aliphatic rings. The molecule has 0 bridgehead atoms. The maximum absolute atomic E-state index is 12.8. The van der Waals surface area contributed by atoms with E-state index in [-0.39, 0.29) is 40.8 Å². The van der Waals surface area contributed by atoms with Crippen LogP contribution >= 0.6 is 0 Å². The van der Waals surface area contributed by atoms with Crippen LogP contribution in [0.2, 0.25) is 0 Å². The monoisotopic (exact) mass is 426 g/mol. The molecule has 31 heavy (non-hydrogen) atoms. The average Bonchev–Trinajstić information content (AvgIpc) is 2.59. The van der Waals surface area contributed by atoms with E-state index in [2.05, 4.69) is 41.5 Å². The molecule has 0 radical (unpaired) electrons. The highest BCUT2D eigenvalue weighted by atomic mass is 16.5. The van der Waals surface area contributed by atoms with E-state index in [9.17, 15) is 15.0 Å². The predicted molar refractivity (Wildman–Crippen MR) is 126 cm³/mol. The van der Waals surface area contributed by atoms with Gasteiger partial charge in [0.2, 0.25) is 0 Å². The van der Waals surface area contributed by atoms with E-state index in [1.54, 1.807) is 12.1 Å². The van der Waals surface area contributed by atoms with Crippen LogP contribution in [0.5, 0.6) is 11.5 Å². The summed E-state index contributed by atoms with van der Waals surface area (Å²) < 4.78 is 5.49. The molecule has 170 valence electrons. The fourth-order valence-electron chi connectivity index (χ4n) is 3.92. The lowest BCUT2D eigenvalue weighted by atomic mass is 9.70. The van der Waals surface area contributed by atoms with Crippen molar-refractivity contribution < 1.29 is 19.7 Å². The Hall–Kier alpha value is -2.49. The molecule has 0 aliphatic heterocycles. The maximum atomic E-state index is 12.8. The molecule has 0 saturated heterocycles. The quantitative estimate of drug-likeness (QED) is 0.547. The summed E-state index contributed by atoms with van der Waals surface area (Å²) in [5.41, 5.74) is 2.26. The first kappa shape index (κ1) is 24.8. The highest BCUT2D eigenvalue weighted by Crippen LogP contribution is 2.42. The lowest BCUT2D eigenvalue weighted by Crippen LogP contribution is -2.30. The van der Waals surface area contributed by atoms with Gasteiger partial charge in [-0.3, -0.25) is 4.79 Å². The first-order chi connectivity index (χ1) is 14.1. The Bertz CT molecular complexity index is 879. The highest BCUT2D eigenvalue weighted by molar-refractivity contribution is 5.73. The van der Waals surface area contributed by atoms with Crippen LogP contribution in [-0.4, -0.2) is 22.3 Å². The van der Waals surface area contributed by atoms with Crippen LogP contribution < -0.4 is 0 Å². The van der Waals surface area contributed by atoms with E-state index in [0.29, 0.717) is 0 Å². The molecule has 0 fully saturated rings. The van der Waals surface area contributed by atoms with E-state index in [1.807, 2.05) is 45.0 Å². The van der Waals surface area contributed by atoms with Gasteiger partial charge in [-0.1, -0.05) is 72.7 Å². The number of ether oxygens (including phenoxy) is 1. The molecule has 0 aromatic heterocycles. The van der Waals surface area contributed by atoms with Crippen LogP contribution in [0.25, 0.3) is 0 Å². The van der Waals surface area contributed by atoms with Crippen LogP contribution in [0.3, 0.4) is 0 Å². The van der Waals surface area contributed by atoms with E-state index >= 15 is 0 Å². The Morgan fingerprint density at radius 1 is 0.806 bits per heavy atom. The Morgan fingerprint density at radius 3 is 1.52 bits per heavy atom. The number of carbonyl (C=O) groups is 1. The van der Waals surface area contributed by atoms with Crippen LogP contribution in [0.1, 0.15) is 91.0 Å². The van der Waals surface area contributed by atoms with Crippen LogP contribution in [0, 0.1) is 0 Å². The SMILES string of the molecule is CC(C)OC(=O)CC(C)(c1ccc(O)c(C(C)(C)C)c1)c1ccc(O)c(C(C)(C)C)c1. The summed E-state index contributed by atoms with van der Waals surface area (Å²) in [7, 11) is 0. The molecule has 4 heteroatoms. The zero-order valence-corrected chi connectivity index (χ0v) is 20.5. The first-order valence-corrected chi connectivity index (χ1v) is 10.9. The molecule has 2 N–H and O–H groups in total. The van der Waals surface area contributed by atoms with Crippen LogP contribution in [0.4, 0.5) is 0 Å². The number of hydrogen-bond acceptors (Lipinski definition) is 4. The van der Waals surface area contributed by atoms with E-state index in [4.69, 9.17) is 4.74 Å². The molecule has 2 rings (SSSR count). The number of hydrogen-bond donors (Lipinski definition) is 2. The second-order valence-electron chi connectivity index (χ2n) is 11.0.